The first-order valence-electron chi connectivity index (χ1n) is 5.79. The maximum absolute atomic E-state index is 9.94. The highest BCUT2D eigenvalue weighted by molar-refractivity contribution is 6.34. The Morgan fingerprint density at radius 3 is 3.00 bits per heavy atom. The Hall–Kier alpha value is -1.03. The lowest BCUT2D eigenvalue weighted by atomic mass is 10.2. The van der Waals surface area contributed by atoms with Gasteiger partial charge in [0.25, 0.3) is 0 Å². The maximum Gasteiger partial charge on any atom is 0.152 e. The quantitative estimate of drug-likeness (QED) is 0.805. The molecule has 4 heteroatoms. The maximum atomic E-state index is 9.94. The Balaban J connectivity index is 2.16. The first kappa shape index (κ1) is 12.4. The monoisotopic (exact) mass is 253 g/mol. The van der Waals surface area contributed by atoms with Crippen LogP contribution in [0.15, 0.2) is 28.7 Å². The summed E-state index contributed by atoms with van der Waals surface area (Å²) in [5, 5.41) is 14.6. The molecule has 0 aliphatic carbocycles. The van der Waals surface area contributed by atoms with Crippen LogP contribution in [0.3, 0.4) is 0 Å². The molecular weight excluding hydrogens is 238 g/mol. The van der Waals surface area contributed by atoms with Gasteiger partial charge in [0.05, 0.1) is 5.02 Å². The minimum atomic E-state index is -0.634. The number of rotatable bonds is 5. The Morgan fingerprint density at radius 2 is 2.29 bits per heavy atom. The number of nitrogens with one attached hydrogen (secondary N) is 1. The number of halogens is 1. The van der Waals surface area contributed by atoms with Gasteiger partial charge in [-0.15, -0.1) is 0 Å². The molecule has 1 unspecified atom stereocenters. The number of aliphatic hydroxyl groups is 1. The van der Waals surface area contributed by atoms with Gasteiger partial charge in [0.2, 0.25) is 0 Å². The molecule has 2 N–H and O–H groups in total. The molecule has 1 heterocycles. The van der Waals surface area contributed by atoms with E-state index >= 15 is 0 Å². The average Bonchev–Trinajstić information content (AvgIpc) is 2.75. The number of furan rings is 1. The molecule has 0 amide bonds. The van der Waals surface area contributed by atoms with Crippen LogP contribution in [0.2, 0.25) is 5.02 Å². The van der Waals surface area contributed by atoms with Gasteiger partial charge < -0.3 is 14.8 Å². The number of benzene rings is 1. The molecule has 1 aromatic carbocycles. The minimum absolute atomic E-state index is 0.491. The molecule has 0 fully saturated rings. The third-order valence-electron chi connectivity index (χ3n) is 2.61. The lowest BCUT2D eigenvalue weighted by Gasteiger charge is -2.07. The van der Waals surface area contributed by atoms with Crippen LogP contribution < -0.4 is 5.32 Å². The van der Waals surface area contributed by atoms with Crippen LogP contribution >= 0.6 is 11.6 Å². The van der Waals surface area contributed by atoms with Crippen molar-refractivity contribution in [3.8, 4) is 0 Å². The van der Waals surface area contributed by atoms with Gasteiger partial charge in [0.15, 0.2) is 5.58 Å². The molecule has 92 valence electrons. The van der Waals surface area contributed by atoms with Crippen LogP contribution in [0, 0.1) is 0 Å². The normalized spacial score (nSPS) is 13.1. The lowest BCUT2D eigenvalue weighted by Crippen LogP contribution is -2.21. The molecule has 0 saturated heterocycles. The topological polar surface area (TPSA) is 45.4 Å². The van der Waals surface area contributed by atoms with Gasteiger partial charge in [0, 0.05) is 11.9 Å². The van der Waals surface area contributed by atoms with Crippen molar-refractivity contribution in [2.24, 2.45) is 0 Å². The zero-order valence-corrected chi connectivity index (χ0v) is 10.5. The zero-order valence-electron chi connectivity index (χ0n) is 9.74. The van der Waals surface area contributed by atoms with Crippen LogP contribution in [0.4, 0.5) is 0 Å². The molecule has 1 aromatic heterocycles. The molecule has 2 rings (SSSR count). The van der Waals surface area contributed by atoms with Crippen LogP contribution in [-0.2, 0) is 0 Å². The Labute approximate surface area is 105 Å². The van der Waals surface area contributed by atoms with E-state index < -0.39 is 6.10 Å². The van der Waals surface area contributed by atoms with E-state index in [1.165, 1.54) is 0 Å². The van der Waals surface area contributed by atoms with Gasteiger partial charge in [-0.3, -0.25) is 0 Å². The zero-order chi connectivity index (χ0) is 12.3. The van der Waals surface area contributed by atoms with E-state index in [0.29, 0.717) is 22.9 Å². The molecule has 0 aliphatic rings. The predicted octanol–water partition coefficient (Wildman–Crippen LogP) is 3.12. The Kier molecular flexibility index (Phi) is 4.05. The van der Waals surface area contributed by atoms with Crippen LogP contribution in [-0.4, -0.2) is 18.2 Å². The van der Waals surface area contributed by atoms with Crippen LogP contribution in [0.5, 0.6) is 0 Å². The van der Waals surface area contributed by atoms with Gasteiger partial charge in [-0.2, -0.15) is 0 Å². The largest absolute Gasteiger partial charge is 0.457 e. The van der Waals surface area contributed by atoms with E-state index in [2.05, 4.69) is 12.2 Å². The summed E-state index contributed by atoms with van der Waals surface area (Å²) in [7, 11) is 0. The molecule has 0 radical (unpaired) electrons. The van der Waals surface area contributed by atoms with E-state index in [4.69, 9.17) is 16.0 Å². The Bertz CT molecular complexity index is 495. The standard InChI is InChI=1S/C13H16ClNO2/c1-2-6-15-8-11(16)12-7-9-4-3-5-10(14)13(9)17-12/h3-5,7,11,15-16H,2,6,8H2,1H3. The third kappa shape index (κ3) is 2.80. The molecule has 0 spiro atoms. The van der Waals surface area contributed by atoms with Crippen molar-refractivity contribution in [3.63, 3.8) is 0 Å². The van der Waals surface area contributed by atoms with E-state index in [9.17, 15) is 5.11 Å². The second-order valence-corrected chi connectivity index (χ2v) is 4.43. The highest BCUT2D eigenvalue weighted by Gasteiger charge is 2.14. The fourth-order valence-corrected chi connectivity index (χ4v) is 1.95. The highest BCUT2D eigenvalue weighted by Crippen LogP contribution is 2.29. The fourth-order valence-electron chi connectivity index (χ4n) is 1.73. The van der Waals surface area contributed by atoms with Crippen molar-refractivity contribution < 1.29 is 9.52 Å². The first-order valence-corrected chi connectivity index (χ1v) is 6.17. The fraction of sp³-hybridized carbons (Fsp3) is 0.385. The van der Waals surface area contributed by atoms with E-state index in [1.54, 1.807) is 6.07 Å². The predicted molar refractivity (Wildman–Crippen MR) is 69.3 cm³/mol. The summed E-state index contributed by atoms with van der Waals surface area (Å²) in [6, 6.07) is 7.39. The summed E-state index contributed by atoms with van der Waals surface area (Å²) in [5.74, 6) is 0.553. The van der Waals surface area contributed by atoms with Crippen LogP contribution in [0.25, 0.3) is 11.0 Å². The molecule has 17 heavy (non-hydrogen) atoms. The SMILES string of the molecule is CCCNCC(O)c1cc2cccc(Cl)c2o1. The van der Waals surface area contributed by atoms with Gasteiger partial charge in [-0.1, -0.05) is 30.7 Å². The van der Waals surface area contributed by atoms with Gasteiger partial charge in [-0.25, -0.2) is 0 Å². The smallest absolute Gasteiger partial charge is 0.152 e. The summed E-state index contributed by atoms with van der Waals surface area (Å²) in [4.78, 5) is 0. The number of aliphatic hydroxyl groups excluding tert-OH is 1. The summed E-state index contributed by atoms with van der Waals surface area (Å²) in [6.07, 6.45) is 0.406. The van der Waals surface area contributed by atoms with Crippen LogP contribution in [0.1, 0.15) is 25.2 Å². The van der Waals surface area contributed by atoms with Crippen molar-refractivity contribution in [3.05, 3.63) is 35.0 Å². The number of hydrogen-bond donors (Lipinski definition) is 2. The van der Waals surface area contributed by atoms with E-state index in [-0.39, 0.29) is 0 Å². The average molecular weight is 254 g/mol. The lowest BCUT2D eigenvalue weighted by molar-refractivity contribution is 0.150. The summed E-state index contributed by atoms with van der Waals surface area (Å²) >= 11 is 6.01. The number of hydrogen-bond acceptors (Lipinski definition) is 3. The number of fused-ring (bicyclic) bond motifs is 1. The first-order chi connectivity index (χ1) is 8.22. The molecule has 0 saturated carbocycles. The minimum Gasteiger partial charge on any atom is -0.457 e. The molecule has 2 aromatic rings. The third-order valence-corrected chi connectivity index (χ3v) is 2.91. The van der Waals surface area contributed by atoms with E-state index in [0.717, 1.165) is 18.4 Å². The molecule has 1 atom stereocenters. The van der Waals surface area contributed by atoms with Gasteiger partial charge >= 0.3 is 0 Å². The van der Waals surface area contributed by atoms with E-state index in [1.807, 2.05) is 18.2 Å². The van der Waals surface area contributed by atoms with Crippen molar-refractivity contribution in [1.82, 2.24) is 5.32 Å². The number of para-hydroxylation sites is 1. The molecular formula is C13H16ClNO2. The summed E-state index contributed by atoms with van der Waals surface area (Å²) < 4.78 is 5.57. The molecule has 0 aliphatic heterocycles. The second kappa shape index (κ2) is 5.54. The highest BCUT2D eigenvalue weighted by atomic mass is 35.5. The molecule has 0 bridgehead atoms. The van der Waals surface area contributed by atoms with Crippen molar-refractivity contribution in [2.75, 3.05) is 13.1 Å². The molecule has 3 nitrogen and oxygen atoms in total. The van der Waals surface area contributed by atoms with Crippen molar-refractivity contribution in [1.29, 1.82) is 0 Å². The van der Waals surface area contributed by atoms with Crippen molar-refractivity contribution in [2.45, 2.75) is 19.4 Å². The Morgan fingerprint density at radius 1 is 1.47 bits per heavy atom. The second-order valence-electron chi connectivity index (χ2n) is 4.03. The van der Waals surface area contributed by atoms with Gasteiger partial charge in [0.1, 0.15) is 11.9 Å². The van der Waals surface area contributed by atoms with Gasteiger partial charge in [-0.05, 0) is 25.1 Å². The summed E-state index contributed by atoms with van der Waals surface area (Å²) in [5.41, 5.74) is 0.638. The summed E-state index contributed by atoms with van der Waals surface area (Å²) in [6.45, 7) is 3.46. The van der Waals surface area contributed by atoms with Crippen molar-refractivity contribution >= 4 is 22.6 Å².